The zero-order chi connectivity index (χ0) is 23.7. The highest BCUT2D eigenvalue weighted by Crippen LogP contribution is 2.75. The van der Waals surface area contributed by atoms with Crippen LogP contribution in [0.15, 0.2) is 60.8 Å². The number of aliphatic carboxylic acids is 1. The highest BCUT2D eigenvalue weighted by atomic mass is 31.2. The molecule has 3 rings (SSSR count). The van der Waals surface area contributed by atoms with Crippen LogP contribution in [0.3, 0.4) is 0 Å². The van der Waals surface area contributed by atoms with Crippen molar-refractivity contribution in [2.75, 3.05) is 0 Å². The molecule has 6 heteroatoms. The minimum absolute atomic E-state index is 0.322. The van der Waals surface area contributed by atoms with Crippen LogP contribution in [0.25, 0.3) is 10.9 Å². The predicted molar refractivity (Wildman–Crippen MR) is 130 cm³/mol. The summed E-state index contributed by atoms with van der Waals surface area (Å²) in [5.74, 6) is -2.19. The second-order valence-electron chi connectivity index (χ2n) is 9.69. The molecule has 5 nitrogen and oxygen atoms in total. The van der Waals surface area contributed by atoms with Gasteiger partial charge in [-0.2, -0.15) is 0 Å². The predicted octanol–water partition coefficient (Wildman–Crippen LogP) is 6.95. The Labute approximate surface area is 190 Å². The number of para-hydroxylation sites is 1. The summed E-state index contributed by atoms with van der Waals surface area (Å²) in [6, 6.07) is 16.6. The number of nitrogens with one attached hydrogen (secondary N) is 1. The van der Waals surface area contributed by atoms with Crippen molar-refractivity contribution >= 4 is 24.2 Å². The van der Waals surface area contributed by atoms with Gasteiger partial charge in [-0.3, -0.25) is 9.36 Å². The van der Waals surface area contributed by atoms with E-state index in [0.29, 0.717) is 18.4 Å². The first-order valence-corrected chi connectivity index (χ1v) is 12.9. The van der Waals surface area contributed by atoms with E-state index in [1.54, 1.807) is 37.4 Å². The summed E-state index contributed by atoms with van der Waals surface area (Å²) in [7, 11) is -4.13. The van der Waals surface area contributed by atoms with Crippen molar-refractivity contribution in [2.24, 2.45) is 5.41 Å². The van der Waals surface area contributed by atoms with Crippen LogP contribution in [0.1, 0.15) is 70.2 Å². The molecular weight excluding hydrogens is 421 g/mol. The Morgan fingerprint density at radius 1 is 1.06 bits per heavy atom. The molecule has 0 saturated carbocycles. The standard InChI is InChI=1S/C26H34NO4P/c1-6-16-26(25(3,4)5,23(24(28)29)19-12-8-7-9-13-19)32(30,31)18(2)21-17-27-22-15-11-10-14-20(21)22/h7-15,17-18,23,27H,6,16H2,1-5H3,(H,28,29)(H,30,31). The molecule has 2 aromatic carbocycles. The second kappa shape index (κ2) is 8.88. The summed E-state index contributed by atoms with van der Waals surface area (Å²) in [5.41, 5.74) is 0.697. The molecule has 3 N–H and O–H groups in total. The molecule has 1 heterocycles. The Hall–Kier alpha value is -2.36. The van der Waals surface area contributed by atoms with Gasteiger partial charge in [-0.1, -0.05) is 82.6 Å². The van der Waals surface area contributed by atoms with E-state index < -0.39 is 35.5 Å². The van der Waals surface area contributed by atoms with Crippen LogP contribution in [0.5, 0.6) is 0 Å². The molecule has 4 unspecified atom stereocenters. The van der Waals surface area contributed by atoms with Crippen LogP contribution in [-0.2, 0) is 9.36 Å². The summed E-state index contributed by atoms with van der Waals surface area (Å²) in [4.78, 5) is 28.0. The maximum absolute atomic E-state index is 14.7. The third-order valence-electron chi connectivity index (χ3n) is 6.96. The largest absolute Gasteiger partial charge is 0.481 e. The van der Waals surface area contributed by atoms with Crippen molar-refractivity contribution < 1.29 is 19.4 Å². The molecule has 0 fully saturated rings. The molecule has 0 aliphatic carbocycles. The Bertz CT molecular complexity index is 1130. The number of fused-ring (bicyclic) bond motifs is 1. The summed E-state index contributed by atoms with van der Waals surface area (Å²) in [6.45, 7) is 9.39. The third-order valence-corrected chi connectivity index (χ3v) is 10.6. The number of hydrogen-bond donors (Lipinski definition) is 3. The number of benzene rings is 2. The third kappa shape index (κ3) is 3.82. The quantitative estimate of drug-likeness (QED) is 0.321. The van der Waals surface area contributed by atoms with Gasteiger partial charge < -0.3 is 15.0 Å². The molecule has 0 aliphatic heterocycles. The number of carboxylic acid groups (broad SMARTS) is 1. The molecule has 0 aliphatic rings. The zero-order valence-electron chi connectivity index (χ0n) is 19.5. The highest BCUT2D eigenvalue weighted by Gasteiger charge is 2.63. The average molecular weight is 456 g/mol. The lowest BCUT2D eigenvalue weighted by Crippen LogP contribution is -2.51. The second-order valence-corrected chi connectivity index (χ2v) is 12.5. The molecule has 4 atom stereocenters. The van der Waals surface area contributed by atoms with Crippen molar-refractivity contribution in [3.05, 3.63) is 71.9 Å². The van der Waals surface area contributed by atoms with Crippen LogP contribution in [0.4, 0.5) is 0 Å². The van der Waals surface area contributed by atoms with Crippen molar-refractivity contribution in [1.29, 1.82) is 0 Å². The van der Waals surface area contributed by atoms with Gasteiger partial charge in [0.05, 0.1) is 16.7 Å². The number of carbonyl (C=O) groups is 1. The van der Waals surface area contributed by atoms with Crippen LogP contribution < -0.4 is 0 Å². The lowest BCUT2D eigenvalue weighted by atomic mass is 9.67. The first-order chi connectivity index (χ1) is 15.0. The van der Waals surface area contributed by atoms with Crippen LogP contribution in [-0.4, -0.2) is 26.1 Å². The first kappa shape index (κ1) is 24.3. The minimum atomic E-state index is -4.13. The lowest BCUT2D eigenvalue weighted by Gasteiger charge is -2.52. The smallest absolute Gasteiger partial charge is 0.312 e. The molecule has 172 valence electrons. The van der Waals surface area contributed by atoms with Gasteiger partial charge in [-0.05, 0) is 36.0 Å². The molecule has 0 bridgehead atoms. The van der Waals surface area contributed by atoms with Gasteiger partial charge in [0.15, 0.2) is 0 Å². The van der Waals surface area contributed by atoms with Crippen molar-refractivity contribution in [3.63, 3.8) is 0 Å². The Morgan fingerprint density at radius 2 is 1.66 bits per heavy atom. The molecule has 0 radical (unpaired) electrons. The molecule has 0 saturated heterocycles. The fourth-order valence-corrected chi connectivity index (χ4v) is 8.82. The summed E-state index contributed by atoms with van der Waals surface area (Å²) < 4.78 is 14.7. The van der Waals surface area contributed by atoms with Crippen molar-refractivity contribution in [2.45, 2.75) is 64.2 Å². The summed E-state index contributed by atoms with van der Waals surface area (Å²) >= 11 is 0. The van der Waals surface area contributed by atoms with E-state index in [2.05, 4.69) is 4.98 Å². The van der Waals surface area contributed by atoms with E-state index in [9.17, 15) is 19.4 Å². The number of aromatic amines is 1. The van der Waals surface area contributed by atoms with Crippen LogP contribution >= 0.6 is 7.37 Å². The van der Waals surface area contributed by atoms with Crippen LogP contribution in [0, 0.1) is 5.41 Å². The average Bonchev–Trinajstić information content (AvgIpc) is 3.16. The number of H-pyrrole nitrogens is 1. The minimum Gasteiger partial charge on any atom is -0.481 e. The lowest BCUT2D eigenvalue weighted by molar-refractivity contribution is -0.141. The van der Waals surface area contributed by atoms with E-state index in [1.807, 2.05) is 58.0 Å². The molecule has 0 spiro atoms. The molecule has 32 heavy (non-hydrogen) atoms. The van der Waals surface area contributed by atoms with E-state index in [0.717, 1.165) is 16.5 Å². The summed E-state index contributed by atoms with van der Waals surface area (Å²) in [5, 5.41) is 9.98. The van der Waals surface area contributed by atoms with Crippen LogP contribution in [0.2, 0.25) is 0 Å². The first-order valence-electron chi connectivity index (χ1n) is 11.2. The van der Waals surface area contributed by atoms with Gasteiger partial charge >= 0.3 is 5.97 Å². The monoisotopic (exact) mass is 455 g/mol. The highest BCUT2D eigenvalue weighted by molar-refractivity contribution is 7.60. The number of hydrogen-bond acceptors (Lipinski definition) is 2. The number of rotatable bonds is 8. The fourth-order valence-electron chi connectivity index (χ4n) is 5.40. The van der Waals surface area contributed by atoms with E-state index in [4.69, 9.17) is 0 Å². The van der Waals surface area contributed by atoms with E-state index in [-0.39, 0.29) is 0 Å². The molecular formula is C26H34NO4P. The normalized spacial score (nSPS) is 17.9. The van der Waals surface area contributed by atoms with Gasteiger partial charge in [0.1, 0.15) is 0 Å². The Balaban J connectivity index is 2.31. The topological polar surface area (TPSA) is 90.4 Å². The van der Waals surface area contributed by atoms with E-state index in [1.165, 1.54) is 0 Å². The summed E-state index contributed by atoms with van der Waals surface area (Å²) in [6.07, 6.45) is 2.71. The Kier molecular flexibility index (Phi) is 6.74. The maximum atomic E-state index is 14.7. The van der Waals surface area contributed by atoms with Gasteiger partial charge in [-0.15, -0.1) is 0 Å². The van der Waals surface area contributed by atoms with Gasteiger partial charge in [0.25, 0.3) is 0 Å². The van der Waals surface area contributed by atoms with E-state index >= 15 is 0 Å². The number of aromatic nitrogens is 1. The van der Waals surface area contributed by atoms with Gasteiger partial charge in [0, 0.05) is 17.1 Å². The fraction of sp³-hybridized carbons (Fsp3) is 0.423. The molecule has 1 aromatic heterocycles. The number of carboxylic acids is 1. The van der Waals surface area contributed by atoms with Crippen molar-refractivity contribution in [1.82, 2.24) is 4.98 Å². The Morgan fingerprint density at radius 3 is 2.22 bits per heavy atom. The van der Waals surface area contributed by atoms with Gasteiger partial charge in [-0.25, -0.2) is 0 Å². The SMILES string of the molecule is CCCC(C(C(=O)O)c1ccccc1)(C(C)(C)C)P(=O)(O)C(C)c1c[nH]c2ccccc12. The maximum Gasteiger partial charge on any atom is 0.312 e. The zero-order valence-corrected chi connectivity index (χ0v) is 20.4. The van der Waals surface area contributed by atoms with Gasteiger partial charge in [0.2, 0.25) is 7.37 Å². The molecule has 3 aromatic rings. The molecule has 0 amide bonds. The van der Waals surface area contributed by atoms with Crippen molar-refractivity contribution in [3.8, 4) is 0 Å².